The van der Waals surface area contributed by atoms with Crippen LogP contribution in [0, 0.1) is 6.92 Å². The molecule has 1 amide bonds. The monoisotopic (exact) mass is 322 g/mol. The van der Waals surface area contributed by atoms with Crippen LogP contribution < -0.4 is 10.6 Å². The van der Waals surface area contributed by atoms with Crippen LogP contribution in [0.25, 0.3) is 0 Å². The molecule has 0 radical (unpaired) electrons. The molecule has 1 fully saturated rings. The Kier molecular flexibility index (Phi) is 5.34. The summed E-state index contributed by atoms with van der Waals surface area (Å²) in [4.78, 5) is 11.9. The van der Waals surface area contributed by atoms with E-state index >= 15 is 0 Å². The summed E-state index contributed by atoms with van der Waals surface area (Å²) in [5.41, 5.74) is 1.75. The minimum atomic E-state index is -0.465. The number of aromatic nitrogens is 2. The first-order chi connectivity index (χ1) is 10.7. The van der Waals surface area contributed by atoms with E-state index in [-0.39, 0.29) is 11.6 Å². The van der Waals surface area contributed by atoms with Crippen LogP contribution in [0.15, 0.2) is 6.20 Å². The lowest BCUT2D eigenvalue weighted by atomic mass is 9.97. The first-order valence-electron chi connectivity index (χ1n) is 8.40. The Bertz CT molecular complexity index is 539. The molecule has 2 rings (SSSR count). The Labute approximate surface area is 139 Å². The average Bonchev–Trinajstić information content (AvgIpc) is 3.00. The Morgan fingerprint density at radius 3 is 2.57 bits per heavy atom. The molecule has 2 N–H and O–H groups in total. The van der Waals surface area contributed by atoms with Crippen molar-refractivity contribution in [3.63, 3.8) is 0 Å². The van der Waals surface area contributed by atoms with E-state index in [4.69, 9.17) is 4.74 Å². The third-order valence-corrected chi connectivity index (χ3v) is 4.30. The van der Waals surface area contributed by atoms with Crippen molar-refractivity contribution in [3.05, 3.63) is 17.5 Å². The third kappa shape index (κ3) is 5.23. The van der Waals surface area contributed by atoms with Crippen LogP contribution in [0.1, 0.15) is 57.7 Å². The maximum Gasteiger partial charge on any atom is 0.407 e. The molecular formula is C17H30N4O2. The Hall–Kier alpha value is -1.56. The van der Waals surface area contributed by atoms with Gasteiger partial charge < -0.3 is 15.4 Å². The minimum absolute atomic E-state index is 0.0425. The van der Waals surface area contributed by atoms with E-state index in [0.717, 1.165) is 25.1 Å². The number of ether oxygens (including phenoxy) is 1. The smallest absolute Gasteiger partial charge is 0.407 e. The van der Waals surface area contributed by atoms with Crippen molar-refractivity contribution in [2.45, 2.75) is 71.1 Å². The van der Waals surface area contributed by atoms with Crippen LogP contribution >= 0.6 is 0 Å². The highest BCUT2D eigenvalue weighted by molar-refractivity contribution is 5.67. The SMILES string of the molecule is Cc1nn(C)cc1CNC1(CNC(=O)OC(C)(C)C)CCCC1. The van der Waals surface area contributed by atoms with E-state index in [1.165, 1.54) is 18.4 Å². The predicted molar refractivity (Wildman–Crippen MR) is 90.2 cm³/mol. The number of rotatable bonds is 5. The van der Waals surface area contributed by atoms with E-state index in [2.05, 4.69) is 15.7 Å². The summed E-state index contributed by atoms with van der Waals surface area (Å²) in [6, 6.07) is 0. The van der Waals surface area contributed by atoms with Crippen molar-refractivity contribution in [2.75, 3.05) is 6.54 Å². The number of alkyl carbamates (subject to hydrolysis) is 1. The summed E-state index contributed by atoms with van der Waals surface area (Å²) in [7, 11) is 1.94. The van der Waals surface area contributed by atoms with Crippen molar-refractivity contribution < 1.29 is 9.53 Å². The molecule has 1 aliphatic rings. The maximum absolute atomic E-state index is 11.9. The molecule has 0 aromatic carbocycles. The zero-order valence-electron chi connectivity index (χ0n) is 15.0. The van der Waals surface area contributed by atoms with Gasteiger partial charge in [0.15, 0.2) is 0 Å². The van der Waals surface area contributed by atoms with Gasteiger partial charge in [0, 0.05) is 37.4 Å². The molecule has 6 nitrogen and oxygen atoms in total. The van der Waals surface area contributed by atoms with Gasteiger partial charge in [0.25, 0.3) is 0 Å². The lowest BCUT2D eigenvalue weighted by molar-refractivity contribution is 0.0509. The Morgan fingerprint density at radius 1 is 1.39 bits per heavy atom. The molecule has 6 heteroatoms. The van der Waals surface area contributed by atoms with Gasteiger partial charge in [0.05, 0.1) is 5.69 Å². The highest BCUT2D eigenvalue weighted by atomic mass is 16.6. The fourth-order valence-electron chi connectivity index (χ4n) is 3.13. The molecule has 1 aromatic rings. The molecule has 1 heterocycles. The minimum Gasteiger partial charge on any atom is -0.444 e. The second kappa shape index (κ2) is 6.91. The fraction of sp³-hybridized carbons (Fsp3) is 0.765. The van der Waals surface area contributed by atoms with Crippen molar-refractivity contribution in [2.24, 2.45) is 7.05 Å². The van der Waals surface area contributed by atoms with Gasteiger partial charge in [-0.2, -0.15) is 5.10 Å². The van der Waals surface area contributed by atoms with Gasteiger partial charge in [0.1, 0.15) is 5.60 Å². The number of amides is 1. The molecule has 0 unspecified atom stereocenters. The van der Waals surface area contributed by atoms with Crippen LogP contribution in [0.2, 0.25) is 0 Å². The van der Waals surface area contributed by atoms with Crippen LogP contribution in [0.4, 0.5) is 4.79 Å². The van der Waals surface area contributed by atoms with Crippen molar-refractivity contribution in [3.8, 4) is 0 Å². The number of nitrogens with zero attached hydrogens (tertiary/aromatic N) is 2. The second-order valence-corrected chi connectivity index (χ2v) is 7.61. The van der Waals surface area contributed by atoms with Crippen LogP contribution in [0.5, 0.6) is 0 Å². The van der Waals surface area contributed by atoms with Gasteiger partial charge in [-0.1, -0.05) is 12.8 Å². The van der Waals surface area contributed by atoms with Crippen LogP contribution in [-0.4, -0.2) is 33.6 Å². The van der Waals surface area contributed by atoms with E-state index < -0.39 is 5.60 Å². The van der Waals surface area contributed by atoms with Gasteiger partial charge in [-0.25, -0.2) is 4.79 Å². The van der Waals surface area contributed by atoms with Crippen LogP contribution in [0.3, 0.4) is 0 Å². The number of carbonyl (C=O) groups is 1. The summed E-state index contributed by atoms with van der Waals surface area (Å²) >= 11 is 0. The number of aryl methyl sites for hydroxylation is 2. The highest BCUT2D eigenvalue weighted by Crippen LogP contribution is 2.29. The number of nitrogens with one attached hydrogen (secondary N) is 2. The van der Waals surface area contributed by atoms with Gasteiger partial charge in [-0.05, 0) is 40.5 Å². The average molecular weight is 322 g/mol. The standard InChI is InChI=1S/C17H30N4O2/c1-13-14(11-21(5)20-13)10-19-17(8-6-7-9-17)12-18-15(22)23-16(2,3)4/h11,19H,6-10,12H2,1-5H3,(H,18,22). The largest absolute Gasteiger partial charge is 0.444 e. The van der Waals surface area contributed by atoms with Gasteiger partial charge in [0.2, 0.25) is 0 Å². The molecular weight excluding hydrogens is 292 g/mol. The fourth-order valence-corrected chi connectivity index (χ4v) is 3.13. The number of carbonyl (C=O) groups excluding carboxylic acids is 1. The molecule has 1 saturated carbocycles. The highest BCUT2D eigenvalue weighted by Gasteiger charge is 2.34. The van der Waals surface area contributed by atoms with E-state index in [9.17, 15) is 4.79 Å². The third-order valence-electron chi connectivity index (χ3n) is 4.30. The first kappa shape index (κ1) is 17.8. The topological polar surface area (TPSA) is 68.2 Å². The van der Waals surface area contributed by atoms with E-state index in [1.54, 1.807) is 0 Å². The van der Waals surface area contributed by atoms with Crippen molar-refractivity contribution in [1.82, 2.24) is 20.4 Å². The Balaban J connectivity index is 1.91. The van der Waals surface area contributed by atoms with Crippen molar-refractivity contribution in [1.29, 1.82) is 0 Å². The van der Waals surface area contributed by atoms with Gasteiger partial charge in [-0.3, -0.25) is 4.68 Å². The van der Waals surface area contributed by atoms with Gasteiger partial charge in [-0.15, -0.1) is 0 Å². The molecule has 0 bridgehead atoms. The molecule has 0 aliphatic heterocycles. The second-order valence-electron chi connectivity index (χ2n) is 7.61. The summed E-state index contributed by atoms with van der Waals surface area (Å²) in [5, 5.41) is 11.0. The molecule has 1 aromatic heterocycles. The molecule has 0 saturated heterocycles. The number of hydrogen-bond donors (Lipinski definition) is 2. The lowest BCUT2D eigenvalue weighted by Gasteiger charge is -2.31. The maximum atomic E-state index is 11.9. The zero-order chi connectivity index (χ0) is 17.1. The molecule has 130 valence electrons. The van der Waals surface area contributed by atoms with Crippen molar-refractivity contribution >= 4 is 6.09 Å². The molecule has 23 heavy (non-hydrogen) atoms. The van der Waals surface area contributed by atoms with Crippen LogP contribution in [-0.2, 0) is 18.3 Å². The normalized spacial score (nSPS) is 17.3. The van der Waals surface area contributed by atoms with Gasteiger partial charge >= 0.3 is 6.09 Å². The molecule has 1 aliphatic carbocycles. The Morgan fingerprint density at radius 2 is 2.04 bits per heavy atom. The number of hydrogen-bond acceptors (Lipinski definition) is 4. The molecule has 0 atom stereocenters. The zero-order valence-corrected chi connectivity index (χ0v) is 15.0. The summed E-state index contributed by atoms with van der Waals surface area (Å²) < 4.78 is 7.18. The lowest BCUT2D eigenvalue weighted by Crippen LogP contribution is -2.52. The van der Waals surface area contributed by atoms with E-state index in [0.29, 0.717) is 6.54 Å². The summed E-state index contributed by atoms with van der Waals surface area (Å²) in [6.45, 7) is 9.03. The summed E-state index contributed by atoms with van der Waals surface area (Å²) in [5.74, 6) is 0. The van der Waals surface area contributed by atoms with E-state index in [1.807, 2.05) is 45.6 Å². The molecule has 0 spiro atoms. The first-order valence-corrected chi connectivity index (χ1v) is 8.40. The summed E-state index contributed by atoms with van der Waals surface area (Å²) in [6.07, 6.45) is 6.23. The predicted octanol–water partition coefficient (Wildman–Crippen LogP) is 2.66. The quantitative estimate of drug-likeness (QED) is 0.874.